The van der Waals surface area contributed by atoms with Gasteiger partial charge in [-0.1, -0.05) is 116 Å². The number of carboxylic acid groups (broad SMARTS) is 1. The third-order valence-corrected chi connectivity index (χ3v) is 7.09. The van der Waals surface area contributed by atoms with Gasteiger partial charge in [0.1, 0.15) is 0 Å². The van der Waals surface area contributed by atoms with Crippen molar-refractivity contribution in [2.24, 2.45) is 11.5 Å². The van der Waals surface area contributed by atoms with Crippen LogP contribution in [0.2, 0.25) is 0 Å². The molecule has 0 aromatic carbocycles. The number of hydrogen-bond acceptors (Lipinski definition) is 9. The molecule has 0 amide bonds. The molecule has 0 aliphatic rings. The molecule has 0 heterocycles. The highest BCUT2D eigenvalue weighted by Gasteiger charge is 2.33. The van der Waals surface area contributed by atoms with E-state index in [1.165, 1.54) is 89.9 Å². The molecule has 0 aromatic heterocycles. The summed E-state index contributed by atoms with van der Waals surface area (Å²) >= 11 is 0. The lowest BCUT2D eigenvalue weighted by atomic mass is 10.0. The van der Waals surface area contributed by atoms with E-state index in [0.717, 1.165) is 19.3 Å². The zero-order valence-corrected chi connectivity index (χ0v) is 25.8. The second-order valence-electron chi connectivity index (χ2n) is 9.80. The number of nitrogens with two attached hydrogens (primary N) is 2. The summed E-state index contributed by atoms with van der Waals surface area (Å²) < 4.78 is 35.5. The predicted molar refractivity (Wildman–Crippen MR) is 160 cm³/mol. The summed E-state index contributed by atoms with van der Waals surface area (Å²) in [7, 11) is -4.82. The molecule has 12 heteroatoms. The number of aliphatic hydroxyl groups excluding tert-OH is 2. The lowest BCUT2D eigenvalue weighted by Crippen LogP contribution is -2.32. The van der Waals surface area contributed by atoms with E-state index in [1.807, 2.05) is 0 Å². The van der Waals surface area contributed by atoms with E-state index in [2.05, 4.69) is 6.92 Å². The summed E-state index contributed by atoms with van der Waals surface area (Å²) in [5.74, 6) is -2.69. The van der Waals surface area contributed by atoms with Gasteiger partial charge in [-0.3, -0.25) is 14.1 Å². The summed E-state index contributed by atoms with van der Waals surface area (Å²) in [5.41, 5.74) is 9.56. The van der Waals surface area contributed by atoms with Crippen molar-refractivity contribution in [1.82, 2.24) is 0 Å². The van der Waals surface area contributed by atoms with Crippen LogP contribution in [-0.4, -0.2) is 78.4 Å². The summed E-state index contributed by atoms with van der Waals surface area (Å²) in [6, 6.07) is 0. The third kappa shape index (κ3) is 36.7. The van der Waals surface area contributed by atoms with Crippen LogP contribution in [0, 0.1) is 0 Å². The fourth-order valence-corrected chi connectivity index (χ4v) is 4.32. The van der Waals surface area contributed by atoms with Gasteiger partial charge in [0.25, 0.3) is 10.1 Å². The first-order chi connectivity index (χ1) is 19.1. The number of aliphatic carboxylic acids is 1. The summed E-state index contributed by atoms with van der Waals surface area (Å²) in [6.07, 6.45) is 21.8. The molecular formula is C28H60N2O9S. The van der Waals surface area contributed by atoms with Gasteiger partial charge in [-0.25, -0.2) is 0 Å². The smallest absolute Gasteiger partial charge is 0.325 e. The molecule has 40 heavy (non-hydrogen) atoms. The van der Waals surface area contributed by atoms with E-state index in [-0.39, 0.29) is 19.8 Å². The van der Waals surface area contributed by atoms with E-state index >= 15 is 0 Å². The fourth-order valence-electron chi connectivity index (χ4n) is 3.72. The Kier molecular flexibility index (Phi) is 36.6. The average Bonchev–Trinajstić information content (AvgIpc) is 2.92. The molecule has 0 radical (unpaired) electrons. The summed E-state index contributed by atoms with van der Waals surface area (Å²) in [4.78, 5) is 22.3. The standard InChI is InChI=1S/C24H46O7S.2C2H7NO/c1-2-3-4-5-6-7-8-9-10-11-12-13-14-15-16-17-18-19-20-31-23(25)21-22(24(26)27)32(28,29)30;2*3-1-2-4/h22H,2-21H2,1H3,(H,26,27)(H,28,29,30);2*4H,1-3H2. The van der Waals surface area contributed by atoms with Gasteiger partial charge < -0.3 is 31.5 Å². The zero-order valence-electron chi connectivity index (χ0n) is 24.9. The van der Waals surface area contributed by atoms with Crippen LogP contribution in [0.1, 0.15) is 129 Å². The Morgan fingerprint density at radius 2 is 0.975 bits per heavy atom. The molecule has 8 N–H and O–H groups in total. The molecule has 0 aromatic rings. The second-order valence-corrected chi connectivity index (χ2v) is 11.4. The molecule has 0 bridgehead atoms. The molecule has 0 saturated heterocycles. The SMILES string of the molecule is CCCCCCCCCCCCCCCCCCCCOC(=O)CC(C(=O)O)S(=O)(=O)O.NCCO.NCCO. The van der Waals surface area contributed by atoms with Crippen LogP contribution in [0.5, 0.6) is 0 Å². The molecule has 0 aliphatic heterocycles. The lowest BCUT2D eigenvalue weighted by Gasteiger charge is -2.09. The van der Waals surface area contributed by atoms with Gasteiger partial charge in [0, 0.05) is 13.1 Å². The topological polar surface area (TPSA) is 210 Å². The molecule has 242 valence electrons. The molecule has 0 rings (SSSR count). The molecule has 1 atom stereocenters. The molecule has 1 unspecified atom stereocenters. The second kappa shape index (κ2) is 33.9. The van der Waals surface area contributed by atoms with Crippen LogP contribution in [0.15, 0.2) is 0 Å². The Hall–Kier alpha value is -1.31. The first-order valence-corrected chi connectivity index (χ1v) is 16.6. The van der Waals surface area contributed by atoms with Crippen LogP contribution in [0.4, 0.5) is 0 Å². The van der Waals surface area contributed by atoms with Crippen molar-refractivity contribution in [3.8, 4) is 0 Å². The Morgan fingerprint density at radius 1 is 0.675 bits per heavy atom. The lowest BCUT2D eigenvalue weighted by molar-refractivity contribution is -0.147. The normalized spacial score (nSPS) is 11.6. The number of carbonyl (C=O) groups is 2. The van der Waals surface area contributed by atoms with E-state index in [4.69, 9.17) is 36.1 Å². The van der Waals surface area contributed by atoms with Crippen LogP contribution in [0.25, 0.3) is 0 Å². The molecule has 11 nitrogen and oxygen atoms in total. The summed E-state index contributed by atoms with van der Waals surface area (Å²) in [6.45, 7) is 3.34. The first-order valence-electron chi connectivity index (χ1n) is 15.1. The maximum absolute atomic E-state index is 11.5. The number of esters is 1. The highest BCUT2D eigenvalue weighted by Crippen LogP contribution is 2.14. The third-order valence-electron chi connectivity index (χ3n) is 6.01. The maximum atomic E-state index is 11.5. The maximum Gasteiger partial charge on any atom is 0.325 e. The number of ether oxygens (including phenoxy) is 1. The fraction of sp³-hybridized carbons (Fsp3) is 0.929. The van der Waals surface area contributed by atoms with E-state index < -0.39 is 33.7 Å². The molecule has 0 spiro atoms. The number of hydrogen-bond donors (Lipinski definition) is 6. The largest absolute Gasteiger partial charge is 0.480 e. The highest BCUT2D eigenvalue weighted by molar-refractivity contribution is 7.87. The van der Waals surface area contributed by atoms with Gasteiger partial charge in [-0.2, -0.15) is 8.42 Å². The highest BCUT2D eigenvalue weighted by atomic mass is 32.2. The van der Waals surface area contributed by atoms with Gasteiger partial charge >= 0.3 is 11.9 Å². The quantitative estimate of drug-likeness (QED) is 0.0497. The number of aliphatic hydroxyl groups is 2. The molecule has 0 aliphatic carbocycles. The van der Waals surface area contributed by atoms with Crippen molar-refractivity contribution < 1.29 is 42.6 Å². The van der Waals surface area contributed by atoms with Gasteiger partial charge in [0.2, 0.25) is 0 Å². The van der Waals surface area contributed by atoms with Crippen molar-refractivity contribution >= 4 is 22.1 Å². The van der Waals surface area contributed by atoms with Crippen molar-refractivity contribution in [2.45, 2.75) is 134 Å². The number of unbranched alkanes of at least 4 members (excludes halogenated alkanes) is 17. The molecule has 0 saturated carbocycles. The van der Waals surface area contributed by atoms with E-state index in [9.17, 15) is 18.0 Å². The van der Waals surface area contributed by atoms with Crippen molar-refractivity contribution in [1.29, 1.82) is 0 Å². The molecular weight excluding hydrogens is 540 g/mol. The number of rotatable bonds is 25. The minimum absolute atomic E-state index is 0.0972. The molecule has 0 fully saturated rings. The first kappa shape index (κ1) is 43.1. The van der Waals surface area contributed by atoms with Crippen LogP contribution in [0.3, 0.4) is 0 Å². The Balaban J connectivity index is -0.00000150. The van der Waals surface area contributed by atoms with Crippen LogP contribution >= 0.6 is 0 Å². The zero-order chi connectivity index (χ0) is 30.9. The summed E-state index contributed by atoms with van der Waals surface area (Å²) in [5, 5.41) is 22.1. The van der Waals surface area contributed by atoms with E-state index in [1.54, 1.807) is 0 Å². The van der Waals surface area contributed by atoms with Gasteiger partial charge in [0.05, 0.1) is 26.2 Å². The van der Waals surface area contributed by atoms with Crippen molar-refractivity contribution in [3.63, 3.8) is 0 Å². The van der Waals surface area contributed by atoms with Gasteiger partial charge in [-0.15, -0.1) is 0 Å². The van der Waals surface area contributed by atoms with Crippen molar-refractivity contribution in [2.75, 3.05) is 32.9 Å². The van der Waals surface area contributed by atoms with Crippen molar-refractivity contribution in [3.05, 3.63) is 0 Å². The number of carbonyl (C=O) groups excluding carboxylic acids is 1. The van der Waals surface area contributed by atoms with Gasteiger partial charge in [0.15, 0.2) is 5.25 Å². The number of carboxylic acids is 1. The Bertz CT molecular complexity index is 642. The van der Waals surface area contributed by atoms with Crippen LogP contribution in [-0.2, 0) is 24.4 Å². The predicted octanol–water partition coefficient (Wildman–Crippen LogP) is 4.18. The van der Waals surface area contributed by atoms with E-state index in [0.29, 0.717) is 19.5 Å². The average molecular weight is 601 g/mol. The Morgan fingerprint density at radius 3 is 1.23 bits per heavy atom. The minimum atomic E-state index is -4.82. The van der Waals surface area contributed by atoms with Crippen LogP contribution < -0.4 is 11.5 Å². The minimum Gasteiger partial charge on any atom is -0.480 e. The Labute approximate surface area is 243 Å². The monoisotopic (exact) mass is 600 g/mol. The van der Waals surface area contributed by atoms with Gasteiger partial charge in [-0.05, 0) is 6.42 Å².